The zero-order valence-electron chi connectivity index (χ0n) is 6.62. The number of carbonyl (C=O) groups excluding carboxylic acids is 1. The summed E-state index contributed by atoms with van der Waals surface area (Å²) in [6.45, 7) is 0. The van der Waals surface area contributed by atoms with E-state index in [2.05, 4.69) is 0 Å². The van der Waals surface area contributed by atoms with Crippen LogP contribution in [-0.2, 0) is 4.79 Å². The monoisotopic (exact) mass is 154 g/mol. The van der Waals surface area contributed by atoms with Crippen LogP contribution in [0.2, 0.25) is 0 Å². The predicted molar refractivity (Wildman–Crippen MR) is 41.1 cm³/mol. The number of ketones is 1. The van der Waals surface area contributed by atoms with Crippen LogP contribution in [0.3, 0.4) is 0 Å². The van der Waals surface area contributed by atoms with Gasteiger partial charge in [0, 0.05) is 12.8 Å². The molecule has 2 saturated carbocycles. The van der Waals surface area contributed by atoms with Gasteiger partial charge in [0.25, 0.3) is 0 Å². The van der Waals surface area contributed by atoms with Crippen molar-refractivity contribution in [1.82, 2.24) is 0 Å². The van der Waals surface area contributed by atoms with Gasteiger partial charge >= 0.3 is 0 Å². The minimum atomic E-state index is -0.180. The Labute approximate surface area is 66.6 Å². The Morgan fingerprint density at radius 3 is 2.82 bits per heavy atom. The maximum absolute atomic E-state index is 11.0. The molecule has 1 N–H and O–H groups in total. The molecule has 0 radical (unpaired) electrons. The Hall–Kier alpha value is -0.370. The molecule has 0 aromatic heterocycles. The molecular formula is C9H14O2. The third-order valence-corrected chi connectivity index (χ3v) is 3.13. The van der Waals surface area contributed by atoms with Crippen LogP contribution in [0.1, 0.15) is 32.1 Å². The van der Waals surface area contributed by atoms with Crippen LogP contribution in [0, 0.1) is 11.8 Å². The molecule has 2 fully saturated rings. The van der Waals surface area contributed by atoms with E-state index in [0.29, 0.717) is 24.0 Å². The third-order valence-electron chi connectivity index (χ3n) is 3.13. The molecule has 0 heterocycles. The fraction of sp³-hybridized carbons (Fsp3) is 0.889. The van der Waals surface area contributed by atoms with Crippen molar-refractivity contribution >= 4 is 5.78 Å². The molecule has 11 heavy (non-hydrogen) atoms. The summed E-state index contributed by atoms with van der Waals surface area (Å²) in [5.41, 5.74) is 0. The maximum Gasteiger partial charge on any atom is 0.133 e. The molecule has 62 valence electrons. The van der Waals surface area contributed by atoms with Gasteiger partial charge in [-0.05, 0) is 24.7 Å². The van der Waals surface area contributed by atoms with Crippen molar-refractivity contribution in [3.8, 4) is 0 Å². The van der Waals surface area contributed by atoms with E-state index in [1.165, 1.54) is 0 Å². The van der Waals surface area contributed by atoms with E-state index in [1.807, 2.05) is 0 Å². The van der Waals surface area contributed by atoms with E-state index in [-0.39, 0.29) is 6.10 Å². The van der Waals surface area contributed by atoms with E-state index >= 15 is 0 Å². The Bertz CT molecular complexity index is 176. The smallest absolute Gasteiger partial charge is 0.133 e. The summed E-state index contributed by atoms with van der Waals surface area (Å²) in [5.74, 6) is 1.20. The van der Waals surface area contributed by atoms with Crippen LogP contribution in [-0.4, -0.2) is 17.0 Å². The Balaban J connectivity index is 2.09. The van der Waals surface area contributed by atoms with Gasteiger partial charge in [-0.3, -0.25) is 4.79 Å². The number of hydrogen-bond donors (Lipinski definition) is 1. The molecule has 2 aliphatic carbocycles. The molecule has 0 spiro atoms. The van der Waals surface area contributed by atoms with Crippen molar-refractivity contribution in [2.45, 2.75) is 38.2 Å². The predicted octanol–water partition coefficient (Wildman–Crippen LogP) is 1.13. The minimum Gasteiger partial charge on any atom is -0.393 e. The van der Waals surface area contributed by atoms with Crippen LogP contribution in [0.5, 0.6) is 0 Å². The zero-order valence-corrected chi connectivity index (χ0v) is 6.62. The number of aliphatic hydroxyl groups excluding tert-OH is 1. The molecule has 3 unspecified atom stereocenters. The minimum absolute atomic E-state index is 0.180. The summed E-state index contributed by atoms with van der Waals surface area (Å²) in [7, 11) is 0. The molecule has 2 rings (SSSR count). The maximum atomic E-state index is 11.0. The Kier molecular flexibility index (Phi) is 1.72. The van der Waals surface area contributed by atoms with E-state index in [0.717, 1.165) is 25.7 Å². The fourth-order valence-corrected chi connectivity index (χ4v) is 2.53. The van der Waals surface area contributed by atoms with Gasteiger partial charge < -0.3 is 5.11 Å². The molecule has 3 atom stereocenters. The topological polar surface area (TPSA) is 37.3 Å². The van der Waals surface area contributed by atoms with Gasteiger partial charge in [-0.15, -0.1) is 0 Å². The lowest BCUT2D eigenvalue weighted by Gasteiger charge is -2.29. The number of hydrogen-bond acceptors (Lipinski definition) is 2. The van der Waals surface area contributed by atoms with Gasteiger partial charge in [-0.25, -0.2) is 0 Å². The molecule has 0 aromatic rings. The molecule has 2 nitrogen and oxygen atoms in total. The van der Waals surface area contributed by atoms with Crippen molar-refractivity contribution in [3.63, 3.8) is 0 Å². The SMILES string of the molecule is O=C1CC2CCCC(O)C2C1. The standard InChI is InChI=1S/C9H14O2/c10-7-4-6-2-1-3-9(11)8(6)5-7/h6,8-9,11H,1-5H2. The highest BCUT2D eigenvalue weighted by molar-refractivity contribution is 5.81. The summed E-state index contributed by atoms with van der Waals surface area (Å²) >= 11 is 0. The van der Waals surface area contributed by atoms with Crippen LogP contribution in [0.25, 0.3) is 0 Å². The van der Waals surface area contributed by atoms with Gasteiger partial charge in [0.1, 0.15) is 5.78 Å². The Morgan fingerprint density at radius 2 is 2.09 bits per heavy atom. The van der Waals surface area contributed by atoms with Crippen LogP contribution in [0.4, 0.5) is 0 Å². The quantitative estimate of drug-likeness (QED) is 0.568. The van der Waals surface area contributed by atoms with E-state index in [1.54, 1.807) is 0 Å². The van der Waals surface area contributed by atoms with Crippen molar-refractivity contribution in [2.24, 2.45) is 11.8 Å². The summed E-state index contributed by atoms with van der Waals surface area (Å²) in [6.07, 6.45) is 4.38. The number of rotatable bonds is 0. The van der Waals surface area contributed by atoms with Crippen molar-refractivity contribution in [1.29, 1.82) is 0 Å². The average Bonchev–Trinajstić information content (AvgIpc) is 2.31. The third kappa shape index (κ3) is 1.20. The first-order valence-corrected chi connectivity index (χ1v) is 4.47. The van der Waals surface area contributed by atoms with Crippen molar-refractivity contribution < 1.29 is 9.90 Å². The van der Waals surface area contributed by atoms with Gasteiger partial charge in [-0.1, -0.05) is 6.42 Å². The fourth-order valence-electron chi connectivity index (χ4n) is 2.53. The second-order valence-electron chi connectivity index (χ2n) is 3.87. The van der Waals surface area contributed by atoms with Crippen LogP contribution >= 0.6 is 0 Å². The second-order valence-corrected chi connectivity index (χ2v) is 3.87. The van der Waals surface area contributed by atoms with Gasteiger partial charge in [0.05, 0.1) is 6.10 Å². The lowest BCUT2D eigenvalue weighted by molar-refractivity contribution is -0.117. The Morgan fingerprint density at radius 1 is 1.27 bits per heavy atom. The molecule has 0 aromatic carbocycles. The number of fused-ring (bicyclic) bond motifs is 1. The van der Waals surface area contributed by atoms with Gasteiger partial charge in [0.2, 0.25) is 0 Å². The highest BCUT2D eigenvalue weighted by Crippen LogP contribution is 2.40. The zero-order chi connectivity index (χ0) is 7.84. The molecular weight excluding hydrogens is 140 g/mol. The first kappa shape index (κ1) is 7.29. The van der Waals surface area contributed by atoms with Gasteiger partial charge in [0.15, 0.2) is 0 Å². The number of aliphatic hydroxyl groups is 1. The molecule has 2 aliphatic rings. The molecule has 0 amide bonds. The average molecular weight is 154 g/mol. The van der Waals surface area contributed by atoms with Crippen molar-refractivity contribution in [3.05, 3.63) is 0 Å². The largest absolute Gasteiger partial charge is 0.393 e. The summed E-state index contributed by atoms with van der Waals surface area (Å²) in [4.78, 5) is 11.0. The molecule has 0 bridgehead atoms. The summed E-state index contributed by atoms with van der Waals surface area (Å²) in [6, 6.07) is 0. The van der Waals surface area contributed by atoms with E-state index in [9.17, 15) is 9.90 Å². The number of carbonyl (C=O) groups is 1. The normalized spacial score (nSPS) is 44.1. The van der Waals surface area contributed by atoms with Crippen LogP contribution in [0.15, 0.2) is 0 Å². The number of Topliss-reactive ketones (excluding diaryl/α,β-unsaturated/α-hetero) is 1. The first-order valence-electron chi connectivity index (χ1n) is 4.47. The lowest BCUT2D eigenvalue weighted by atomic mass is 9.80. The first-order chi connectivity index (χ1) is 5.27. The highest BCUT2D eigenvalue weighted by atomic mass is 16.3. The van der Waals surface area contributed by atoms with Gasteiger partial charge in [-0.2, -0.15) is 0 Å². The van der Waals surface area contributed by atoms with Crippen molar-refractivity contribution in [2.75, 3.05) is 0 Å². The summed E-state index contributed by atoms with van der Waals surface area (Å²) in [5, 5.41) is 9.54. The lowest BCUT2D eigenvalue weighted by Crippen LogP contribution is -2.28. The summed E-state index contributed by atoms with van der Waals surface area (Å²) < 4.78 is 0. The van der Waals surface area contributed by atoms with E-state index in [4.69, 9.17) is 0 Å². The van der Waals surface area contributed by atoms with Crippen LogP contribution < -0.4 is 0 Å². The van der Waals surface area contributed by atoms with E-state index < -0.39 is 0 Å². The molecule has 0 aliphatic heterocycles. The molecule has 0 saturated heterocycles. The highest BCUT2D eigenvalue weighted by Gasteiger charge is 2.39. The second kappa shape index (κ2) is 2.59. The molecule has 2 heteroatoms.